The molecule has 4 nitrogen and oxygen atoms in total. The van der Waals surface area contributed by atoms with Crippen molar-refractivity contribution in [3.05, 3.63) is 42.7 Å². The quantitative estimate of drug-likeness (QED) is 0.671. The summed E-state index contributed by atoms with van der Waals surface area (Å²) in [5.41, 5.74) is 7.00. The first kappa shape index (κ1) is 8.91. The molecule has 16 heavy (non-hydrogen) atoms. The van der Waals surface area contributed by atoms with E-state index < -0.39 is 0 Å². The molecule has 3 aromatic rings. The molecular formula is C12H9N3O. The first-order valence-corrected chi connectivity index (χ1v) is 4.89. The van der Waals surface area contributed by atoms with Gasteiger partial charge in [-0.05, 0) is 12.1 Å². The van der Waals surface area contributed by atoms with Gasteiger partial charge in [0.1, 0.15) is 17.1 Å². The van der Waals surface area contributed by atoms with Crippen molar-refractivity contribution in [1.82, 2.24) is 9.97 Å². The summed E-state index contributed by atoms with van der Waals surface area (Å²) in [6.07, 6.45) is 3.12. The lowest BCUT2D eigenvalue weighted by atomic mass is 10.2. The molecule has 0 aliphatic rings. The highest BCUT2D eigenvalue weighted by atomic mass is 16.3. The molecule has 3 rings (SSSR count). The van der Waals surface area contributed by atoms with Crippen LogP contribution in [0.5, 0.6) is 0 Å². The van der Waals surface area contributed by atoms with Crippen LogP contribution in [-0.2, 0) is 0 Å². The SMILES string of the molecule is Nc1cnc(-c2cc3ccccc3o2)cn1. The fourth-order valence-corrected chi connectivity index (χ4v) is 1.57. The van der Waals surface area contributed by atoms with E-state index in [4.69, 9.17) is 10.2 Å². The maximum absolute atomic E-state index is 5.65. The van der Waals surface area contributed by atoms with Crippen LogP contribution in [0.1, 0.15) is 0 Å². The van der Waals surface area contributed by atoms with Crippen LogP contribution in [0.2, 0.25) is 0 Å². The first-order valence-electron chi connectivity index (χ1n) is 4.89. The fourth-order valence-electron chi connectivity index (χ4n) is 1.57. The first-order chi connectivity index (χ1) is 7.83. The van der Waals surface area contributed by atoms with Crippen molar-refractivity contribution in [2.45, 2.75) is 0 Å². The standard InChI is InChI=1S/C12H9N3O/c13-12-7-14-9(6-15-12)11-5-8-3-1-2-4-10(8)16-11/h1-7H,(H2,13,15). The number of furan rings is 1. The molecule has 0 bridgehead atoms. The second kappa shape index (κ2) is 3.34. The van der Waals surface area contributed by atoms with E-state index in [1.807, 2.05) is 30.3 Å². The van der Waals surface area contributed by atoms with Crippen LogP contribution in [0.25, 0.3) is 22.4 Å². The Kier molecular flexibility index (Phi) is 1.86. The Morgan fingerprint density at radius 1 is 1.06 bits per heavy atom. The number of para-hydroxylation sites is 1. The van der Waals surface area contributed by atoms with Crippen molar-refractivity contribution in [3.63, 3.8) is 0 Å². The molecule has 1 aromatic carbocycles. The monoisotopic (exact) mass is 211 g/mol. The van der Waals surface area contributed by atoms with Crippen molar-refractivity contribution >= 4 is 16.8 Å². The van der Waals surface area contributed by atoms with Crippen LogP contribution >= 0.6 is 0 Å². The van der Waals surface area contributed by atoms with Gasteiger partial charge < -0.3 is 10.2 Å². The molecule has 0 unspecified atom stereocenters. The molecule has 0 aliphatic heterocycles. The number of nitrogens with two attached hydrogens (primary N) is 1. The number of rotatable bonds is 1. The molecule has 0 spiro atoms. The lowest BCUT2D eigenvalue weighted by Gasteiger charge is -1.94. The average molecular weight is 211 g/mol. The van der Waals surface area contributed by atoms with Gasteiger partial charge in [-0.2, -0.15) is 0 Å². The summed E-state index contributed by atoms with van der Waals surface area (Å²) in [5, 5.41) is 1.05. The predicted molar refractivity (Wildman–Crippen MR) is 61.7 cm³/mol. The van der Waals surface area contributed by atoms with Gasteiger partial charge in [0.25, 0.3) is 0 Å². The Balaban J connectivity index is 2.15. The summed E-state index contributed by atoms with van der Waals surface area (Å²) in [4.78, 5) is 8.14. The van der Waals surface area contributed by atoms with Gasteiger partial charge in [0, 0.05) is 5.39 Å². The number of hydrogen-bond donors (Lipinski definition) is 1. The van der Waals surface area contributed by atoms with Gasteiger partial charge in [0.05, 0.1) is 12.4 Å². The van der Waals surface area contributed by atoms with Gasteiger partial charge in [-0.3, -0.25) is 0 Å². The highest BCUT2D eigenvalue weighted by Crippen LogP contribution is 2.25. The normalized spacial score (nSPS) is 10.8. The van der Waals surface area contributed by atoms with Crippen LogP contribution in [0, 0.1) is 0 Å². The zero-order valence-electron chi connectivity index (χ0n) is 8.42. The zero-order chi connectivity index (χ0) is 11.0. The van der Waals surface area contributed by atoms with E-state index in [-0.39, 0.29) is 0 Å². The molecule has 2 N–H and O–H groups in total. The second-order valence-corrected chi connectivity index (χ2v) is 3.47. The summed E-state index contributed by atoms with van der Waals surface area (Å²) in [6, 6.07) is 9.76. The van der Waals surface area contributed by atoms with Gasteiger partial charge in [-0.25, -0.2) is 9.97 Å². The van der Waals surface area contributed by atoms with Crippen LogP contribution in [0.15, 0.2) is 47.1 Å². The van der Waals surface area contributed by atoms with E-state index in [1.165, 1.54) is 6.20 Å². The van der Waals surface area contributed by atoms with E-state index >= 15 is 0 Å². The largest absolute Gasteiger partial charge is 0.454 e. The summed E-state index contributed by atoms with van der Waals surface area (Å²) in [7, 11) is 0. The minimum atomic E-state index is 0.403. The summed E-state index contributed by atoms with van der Waals surface area (Å²) in [6.45, 7) is 0. The third-order valence-electron chi connectivity index (χ3n) is 2.35. The minimum absolute atomic E-state index is 0.403. The Morgan fingerprint density at radius 3 is 2.69 bits per heavy atom. The molecule has 78 valence electrons. The van der Waals surface area contributed by atoms with Gasteiger partial charge in [-0.15, -0.1) is 0 Å². The van der Waals surface area contributed by atoms with Gasteiger partial charge in [0.15, 0.2) is 5.76 Å². The zero-order valence-corrected chi connectivity index (χ0v) is 8.42. The van der Waals surface area contributed by atoms with Crippen molar-refractivity contribution in [3.8, 4) is 11.5 Å². The summed E-state index contributed by atoms with van der Waals surface area (Å²) < 4.78 is 5.65. The van der Waals surface area contributed by atoms with E-state index in [1.54, 1.807) is 6.20 Å². The molecule has 0 radical (unpaired) electrons. The highest BCUT2D eigenvalue weighted by Gasteiger charge is 2.06. The third-order valence-corrected chi connectivity index (χ3v) is 2.35. The van der Waals surface area contributed by atoms with Crippen LogP contribution in [0.3, 0.4) is 0 Å². The Morgan fingerprint density at radius 2 is 1.94 bits per heavy atom. The topological polar surface area (TPSA) is 64.9 Å². The number of anilines is 1. The molecule has 4 heteroatoms. The van der Waals surface area contributed by atoms with Crippen molar-refractivity contribution < 1.29 is 4.42 Å². The van der Waals surface area contributed by atoms with Gasteiger partial charge in [0.2, 0.25) is 0 Å². The lowest BCUT2D eigenvalue weighted by molar-refractivity contribution is 0.628. The molecule has 2 aromatic heterocycles. The van der Waals surface area contributed by atoms with Crippen LogP contribution < -0.4 is 5.73 Å². The molecule has 0 saturated heterocycles. The van der Waals surface area contributed by atoms with Crippen LogP contribution in [-0.4, -0.2) is 9.97 Å². The maximum atomic E-state index is 5.65. The van der Waals surface area contributed by atoms with E-state index in [0.717, 1.165) is 11.0 Å². The van der Waals surface area contributed by atoms with E-state index in [9.17, 15) is 0 Å². The average Bonchev–Trinajstić information content (AvgIpc) is 2.73. The van der Waals surface area contributed by atoms with Crippen molar-refractivity contribution in [2.75, 3.05) is 5.73 Å². The second-order valence-electron chi connectivity index (χ2n) is 3.47. The van der Waals surface area contributed by atoms with Crippen molar-refractivity contribution in [1.29, 1.82) is 0 Å². The van der Waals surface area contributed by atoms with E-state index in [0.29, 0.717) is 17.3 Å². The smallest absolute Gasteiger partial charge is 0.155 e. The number of nitrogen functional groups attached to an aromatic ring is 1. The molecular weight excluding hydrogens is 202 g/mol. The molecule has 0 aliphatic carbocycles. The summed E-state index contributed by atoms with van der Waals surface area (Å²) >= 11 is 0. The Hall–Kier alpha value is -2.36. The van der Waals surface area contributed by atoms with Gasteiger partial charge >= 0.3 is 0 Å². The molecule has 2 heterocycles. The number of fused-ring (bicyclic) bond motifs is 1. The van der Waals surface area contributed by atoms with E-state index in [2.05, 4.69) is 9.97 Å². The number of aromatic nitrogens is 2. The van der Waals surface area contributed by atoms with Crippen molar-refractivity contribution in [2.24, 2.45) is 0 Å². The number of hydrogen-bond acceptors (Lipinski definition) is 4. The minimum Gasteiger partial charge on any atom is -0.454 e. The summed E-state index contributed by atoms with van der Waals surface area (Å²) in [5.74, 6) is 1.11. The lowest BCUT2D eigenvalue weighted by Crippen LogP contribution is -1.91. The fraction of sp³-hybridized carbons (Fsp3) is 0. The Bertz CT molecular complexity index is 595. The predicted octanol–water partition coefficient (Wildman–Crippen LogP) is 2.47. The molecule has 0 atom stereocenters. The van der Waals surface area contributed by atoms with Gasteiger partial charge in [-0.1, -0.05) is 18.2 Å². The molecule has 0 saturated carbocycles. The highest BCUT2D eigenvalue weighted by molar-refractivity contribution is 5.81. The van der Waals surface area contributed by atoms with Crippen LogP contribution in [0.4, 0.5) is 5.82 Å². The number of nitrogens with zero attached hydrogens (tertiary/aromatic N) is 2. The Labute approximate surface area is 91.7 Å². The maximum Gasteiger partial charge on any atom is 0.155 e. The number of benzene rings is 1. The third kappa shape index (κ3) is 1.40. The molecule has 0 amide bonds. The molecule has 0 fully saturated rings.